The van der Waals surface area contributed by atoms with Crippen molar-refractivity contribution in [2.75, 3.05) is 19.8 Å². The number of nitrogens with zero attached hydrogens (tertiary/aromatic N) is 4. The van der Waals surface area contributed by atoms with Gasteiger partial charge in [-0.3, -0.25) is 14.3 Å². The lowest BCUT2D eigenvalue weighted by molar-refractivity contribution is -0.111. The van der Waals surface area contributed by atoms with Gasteiger partial charge in [-0.25, -0.2) is 9.18 Å². The molecule has 0 bridgehead atoms. The number of alkyl halides is 1. The Morgan fingerprint density at radius 1 is 1.65 bits per heavy atom. The Bertz CT molecular complexity index is 735. The number of hydrogen-bond donors (Lipinski definition) is 3. The summed E-state index contributed by atoms with van der Waals surface area (Å²) in [5.41, 5.74) is 5.42. The fraction of sp³-hybridized carbons (Fsp3) is 0.667. The van der Waals surface area contributed by atoms with Gasteiger partial charge in [0.15, 0.2) is 12.4 Å². The van der Waals surface area contributed by atoms with Crippen LogP contribution in [0.15, 0.2) is 27.0 Å². The molecule has 0 amide bonds. The highest BCUT2D eigenvalue weighted by molar-refractivity contribution is 5.02. The summed E-state index contributed by atoms with van der Waals surface area (Å²) in [6.07, 6.45) is -2.10. The molecular weight excluding hydrogens is 313 g/mol. The van der Waals surface area contributed by atoms with Crippen molar-refractivity contribution in [1.82, 2.24) is 9.55 Å². The largest absolute Gasteiger partial charge is 0.396 e. The molecule has 3 N–H and O–H groups in total. The van der Waals surface area contributed by atoms with Crippen molar-refractivity contribution in [1.29, 1.82) is 1.43 Å². The van der Waals surface area contributed by atoms with Gasteiger partial charge in [0.05, 0.1) is 13.2 Å². The third kappa shape index (κ3) is 3.13. The fourth-order valence-corrected chi connectivity index (χ4v) is 2.78. The molecule has 1 aliphatic rings. The third-order valence-electron chi connectivity index (χ3n) is 3.91. The third-order valence-corrected chi connectivity index (χ3v) is 3.91. The first kappa shape index (κ1) is 15.7. The van der Waals surface area contributed by atoms with Crippen LogP contribution in [-0.4, -0.2) is 52.7 Å². The Balaban J connectivity index is 2.43. The van der Waals surface area contributed by atoms with Gasteiger partial charge in [0, 0.05) is 29.7 Å². The van der Waals surface area contributed by atoms with Crippen LogP contribution in [-0.2, 0) is 4.74 Å². The molecule has 4 atom stereocenters. The highest BCUT2D eigenvalue weighted by atomic mass is 19.1. The van der Waals surface area contributed by atoms with Crippen molar-refractivity contribution >= 4 is 0 Å². The van der Waals surface area contributed by atoms with E-state index in [0.29, 0.717) is 0 Å². The molecule has 1 fully saturated rings. The van der Waals surface area contributed by atoms with Crippen molar-refractivity contribution in [3.8, 4) is 0 Å². The maximum atomic E-state index is 14.9. The van der Waals surface area contributed by atoms with Gasteiger partial charge < -0.3 is 15.0 Å². The van der Waals surface area contributed by atoms with Crippen LogP contribution in [0, 0.1) is 5.92 Å². The molecule has 1 saturated heterocycles. The number of aliphatic hydroxyl groups is 2. The van der Waals surface area contributed by atoms with E-state index in [1.54, 1.807) is 0 Å². The van der Waals surface area contributed by atoms with Crippen molar-refractivity contribution < 1.29 is 19.3 Å². The molecule has 1 aliphatic heterocycles. The van der Waals surface area contributed by atoms with Crippen molar-refractivity contribution in [3.05, 3.63) is 43.5 Å². The minimum absolute atomic E-state index is 0.000773. The Morgan fingerprint density at radius 3 is 3.04 bits per heavy atom. The van der Waals surface area contributed by atoms with Crippen LogP contribution in [0.2, 0.25) is 0 Å². The summed E-state index contributed by atoms with van der Waals surface area (Å²) < 4.78 is 28.1. The monoisotopic (exact) mass is 331 g/mol. The van der Waals surface area contributed by atoms with Gasteiger partial charge in [-0.2, -0.15) is 0 Å². The maximum absolute atomic E-state index is 14.9. The first-order valence-electron chi connectivity index (χ1n) is 7.23. The summed E-state index contributed by atoms with van der Waals surface area (Å²) >= 11 is 0. The molecule has 1 unspecified atom stereocenters. The average molecular weight is 331 g/mol. The molecule has 1 aromatic rings. The predicted molar refractivity (Wildman–Crippen MR) is 75.4 cm³/mol. The lowest BCUT2D eigenvalue weighted by Crippen LogP contribution is -2.44. The van der Waals surface area contributed by atoms with Gasteiger partial charge >= 0.3 is 5.69 Å². The maximum Gasteiger partial charge on any atom is 0.330 e. The quantitative estimate of drug-likeness (QED) is 0.347. The number of H-pyrrole nitrogens is 1. The van der Waals surface area contributed by atoms with E-state index in [-0.39, 0.29) is 19.6 Å². The smallest absolute Gasteiger partial charge is 0.330 e. The summed E-state index contributed by atoms with van der Waals surface area (Å²) in [4.78, 5) is 27.6. The van der Waals surface area contributed by atoms with Crippen LogP contribution in [0.4, 0.5) is 4.39 Å². The van der Waals surface area contributed by atoms with Crippen molar-refractivity contribution in [3.63, 3.8) is 0 Å². The van der Waals surface area contributed by atoms with Crippen LogP contribution in [0.3, 0.4) is 0 Å². The van der Waals surface area contributed by atoms with Crippen LogP contribution in [0.1, 0.15) is 12.6 Å². The SMILES string of the molecule is [3H]OCCC1[C@@H](F)[C@H](n2ccc(=O)[nH]c2=O)O[C@@]1(CO)CN=[N+]=[N-]. The molecular formula is C12H16FN5O5. The highest BCUT2D eigenvalue weighted by Crippen LogP contribution is 2.44. The molecule has 0 spiro atoms. The number of halogens is 1. The lowest BCUT2D eigenvalue weighted by atomic mass is 9.84. The number of azide groups is 1. The molecule has 2 heterocycles. The number of rotatable bonds is 7. The van der Waals surface area contributed by atoms with E-state index in [0.717, 1.165) is 16.8 Å². The first-order chi connectivity index (χ1) is 11.5. The molecule has 1 aromatic heterocycles. The number of aromatic nitrogens is 2. The molecule has 0 aromatic carbocycles. The first-order valence-corrected chi connectivity index (χ1v) is 6.82. The topological polar surface area (TPSA) is 153 Å². The summed E-state index contributed by atoms with van der Waals surface area (Å²) in [5.74, 6) is -0.984. The Labute approximate surface area is 130 Å². The van der Waals surface area contributed by atoms with E-state index >= 15 is 0 Å². The summed E-state index contributed by atoms with van der Waals surface area (Å²) in [6.45, 7) is -1.17. The zero-order chi connectivity index (χ0) is 17.7. The molecule has 0 aliphatic carbocycles. The standard InChI is InChI=1S/C12H16FN5O5/c13-9-7(2-4-19)12(6-20,5-15-17-14)23-10(9)18-3-1-8(21)16-11(18)22/h1,3,7,9-10,19-20H,2,4-6H2,(H,16,21,22)/t7?,9-,10-,12-/m1/s1/i19T. The van der Waals surface area contributed by atoms with E-state index in [4.69, 9.17) is 11.7 Å². The number of aliphatic hydroxyl groups excluding tert-OH is 2. The molecule has 11 heteroatoms. The highest BCUT2D eigenvalue weighted by Gasteiger charge is 2.55. The predicted octanol–water partition coefficient (Wildman–Crippen LogP) is -0.556. The van der Waals surface area contributed by atoms with E-state index < -0.39 is 41.8 Å². The second kappa shape index (κ2) is 6.92. The molecule has 23 heavy (non-hydrogen) atoms. The van der Waals surface area contributed by atoms with Gasteiger partial charge in [0.25, 0.3) is 5.56 Å². The van der Waals surface area contributed by atoms with E-state index in [2.05, 4.69) is 15.1 Å². The Hall–Kier alpha value is -2.20. The molecule has 0 radical (unpaired) electrons. The Morgan fingerprint density at radius 2 is 2.43 bits per heavy atom. The molecule has 10 nitrogen and oxygen atoms in total. The van der Waals surface area contributed by atoms with Crippen LogP contribution in [0.25, 0.3) is 10.4 Å². The zero-order valence-corrected chi connectivity index (χ0v) is 12.0. The van der Waals surface area contributed by atoms with Crippen LogP contribution in [0.5, 0.6) is 0 Å². The van der Waals surface area contributed by atoms with Gasteiger partial charge in [-0.1, -0.05) is 5.11 Å². The van der Waals surface area contributed by atoms with Crippen LogP contribution < -0.4 is 11.2 Å². The minimum Gasteiger partial charge on any atom is -0.396 e. The zero-order valence-electron chi connectivity index (χ0n) is 13.0. The van der Waals surface area contributed by atoms with E-state index in [1.807, 2.05) is 4.98 Å². The molecule has 126 valence electrons. The van der Waals surface area contributed by atoms with Crippen LogP contribution >= 0.6 is 0 Å². The lowest BCUT2D eigenvalue weighted by Gasteiger charge is -2.30. The van der Waals surface area contributed by atoms with Gasteiger partial charge in [0.2, 0.25) is 1.43 Å². The second-order valence-corrected chi connectivity index (χ2v) is 5.18. The van der Waals surface area contributed by atoms with Gasteiger partial charge in [-0.05, 0) is 12.0 Å². The number of nitrogens with one attached hydrogen (secondary N) is 1. The minimum atomic E-state index is -1.76. The van der Waals surface area contributed by atoms with Crippen molar-refractivity contribution in [2.24, 2.45) is 11.0 Å². The summed E-state index contributed by atoms with van der Waals surface area (Å²) in [7, 11) is 0. The van der Waals surface area contributed by atoms with E-state index in [1.165, 1.54) is 0 Å². The summed E-state index contributed by atoms with van der Waals surface area (Å²) in [6, 6.07) is 1.03. The fourth-order valence-electron chi connectivity index (χ4n) is 2.78. The second-order valence-electron chi connectivity index (χ2n) is 5.18. The van der Waals surface area contributed by atoms with Gasteiger partial charge in [-0.15, -0.1) is 0 Å². The Kier molecular flexibility index (Phi) is 4.72. The molecule has 2 rings (SSSR count). The molecule has 0 saturated carbocycles. The average Bonchev–Trinajstić information content (AvgIpc) is 2.84. The van der Waals surface area contributed by atoms with Gasteiger partial charge in [0.1, 0.15) is 5.60 Å². The summed E-state index contributed by atoms with van der Waals surface area (Å²) in [5, 5.41) is 17.3. The van der Waals surface area contributed by atoms with Crippen molar-refractivity contribution in [2.45, 2.75) is 24.4 Å². The van der Waals surface area contributed by atoms with E-state index in [9.17, 15) is 19.1 Å². The number of hydrogen-bond acceptors (Lipinski definition) is 6. The number of ether oxygens (including phenoxy) is 1. The normalized spacial score (nSPS) is 30.7. The number of aromatic amines is 1.